The summed E-state index contributed by atoms with van der Waals surface area (Å²) in [7, 11) is 0. The lowest BCUT2D eigenvalue weighted by molar-refractivity contribution is -0.123. The van der Waals surface area contributed by atoms with Crippen molar-refractivity contribution in [1.82, 2.24) is 20.2 Å². The van der Waals surface area contributed by atoms with Crippen molar-refractivity contribution in [2.75, 3.05) is 26.2 Å². The smallest absolute Gasteiger partial charge is 0.257 e. The molecule has 4 rings (SSSR count). The molecule has 0 radical (unpaired) electrons. The second kappa shape index (κ2) is 9.39. The molecule has 2 aromatic rings. The van der Waals surface area contributed by atoms with E-state index in [0.717, 1.165) is 68.0 Å². The SMILES string of the molecule is Cc1ncc(CN2CCCC3(C/C=C/Cc4ccccc4OCC(=O)NC3)C2)cn1. The summed E-state index contributed by atoms with van der Waals surface area (Å²) in [4.78, 5) is 23.6. The van der Waals surface area contributed by atoms with E-state index in [2.05, 4.69) is 38.4 Å². The van der Waals surface area contributed by atoms with Gasteiger partial charge < -0.3 is 10.1 Å². The summed E-state index contributed by atoms with van der Waals surface area (Å²) in [5, 5.41) is 3.13. The monoisotopic (exact) mass is 406 g/mol. The summed E-state index contributed by atoms with van der Waals surface area (Å²) in [6, 6.07) is 7.94. The maximum Gasteiger partial charge on any atom is 0.257 e. The van der Waals surface area contributed by atoms with Gasteiger partial charge in [-0.05, 0) is 50.8 Å². The van der Waals surface area contributed by atoms with Gasteiger partial charge in [-0.1, -0.05) is 30.4 Å². The Balaban J connectivity index is 1.48. The van der Waals surface area contributed by atoms with Crippen molar-refractivity contribution < 1.29 is 9.53 Å². The van der Waals surface area contributed by atoms with Gasteiger partial charge in [-0.15, -0.1) is 0 Å². The second-order valence-corrected chi connectivity index (χ2v) is 8.51. The molecule has 1 aromatic carbocycles. The third-order valence-electron chi connectivity index (χ3n) is 6.03. The number of carbonyl (C=O) groups is 1. The van der Waals surface area contributed by atoms with Crippen LogP contribution < -0.4 is 10.1 Å². The van der Waals surface area contributed by atoms with Crippen LogP contribution in [0.1, 0.15) is 36.2 Å². The highest BCUT2D eigenvalue weighted by Gasteiger charge is 2.35. The van der Waals surface area contributed by atoms with Gasteiger partial charge in [0.05, 0.1) is 0 Å². The molecule has 6 nitrogen and oxygen atoms in total. The number of ether oxygens (including phenoxy) is 1. The van der Waals surface area contributed by atoms with Gasteiger partial charge in [0.15, 0.2) is 6.61 Å². The molecule has 158 valence electrons. The third-order valence-corrected chi connectivity index (χ3v) is 6.03. The Labute approximate surface area is 178 Å². The molecule has 1 aromatic heterocycles. The fraction of sp³-hybridized carbons (Fsp3) is 0.458. The number of likely N-dealkylation sites (tertiary alicyclic amines) is 1. The van der Waals surface area contributed by atoms with E-state index in [4.69, 9.17) is 4.74 Å². The molecule has 1 fully saturated rings. The zero-order valence-electron chi connectivity index (χ0n) is 17.6. The fourth-order valence-electron chi connectivity index (χ4n) is 4.42. The number of hydrogen-bond acceptors (Lipinski definition) is 5. The lowest BCUT2D eigenvalue weighted by Crippen LogP contribution is -2.49. The summed E-state index contributed by atoms with van der Waals surface area (Å²) in [6.07, 6.45) is 12.4. The quantitative estimate of drug-likeness (QED) is 0.777. The molecule has 0 bridgehead atoms. The maximum absolute atomic E-state index is 12.5. The van der Waals surface area contributed by atoms with E-state index < -0.39 is 0 Å². The van der Waals surface area contributed by atoms with E-state index in [9.17, 15) is 4.79 Å². The van der Waals surface area contributed by atoms with E-state index in [1.54, 1.807) is 0 Å². The second-order valence-electron chi connectivity index (χ2n) is 8.51. The van der Waals surface area contributed by atoms with Crippen molar-refractivity contribution >= 4 is 5.91 Å². The highest BCUT2D eigenvalue weighted by Crippen LogP contribution is 2.34. The van der Waals surface area contributed by atoms with Crippen LogP contribution in [0.3, 0.4) is 0 Å². The van der Waals surface area contributed by atoms with Gasteiger partial charge in [0, 0.05) is 43.0 Å². The van der Waals surface area contributed by atoms with E-state index in [1.165, 1.54) is 0 Å². The van der Waals surface area contributed by atoms with Gasteiger partial charge >= 0.3 is 0 Å². The largest absolute Gasteiger partial charge is 0.483 e. The Kier molecular flexibility index (Phi) is 6.43. The van der Waals surface area contributed by atoms with Crippen molar-refractivity contribution in [3.8, 4) is 5.75 Å². The molecule has 1 saturated heterocycles. The molecular weight excluding hydrogens is 376 g/mol. The van der Waals surface area contributed by atoms with Crippen LogP contribution in [0.4, 0.5) is 0 Å². The number of para-hydroxylation sites is 1. The highest BCUT2D eigenvalue weighted by molar-refractivity contribution is 5.77. The summed E-state index contributed by atoms with van der Waals surface area (Å²) < 4.78 is 5.79. The number of benzene rings is 1. The molecule has 2 aliphatic heterocycles. The average Bonchev–Trinajstić information content (AvgIpc) is 2.76. The maximum atomic E-state index is 12.5. The van der Waals surface area contributed by atoms with Crippen LogP contribution >= 0.6 is 0 Å². The van der Waals surface area contributed by atoms with Crippen molar-refractivity contribution in [3.05, 3.63) is 65.8 Å². The van der Waals surface area contributed by atoms with Gasteiger partial charge in [0.2, 0.25) is 0 Å². The van der Waals surface area contributed by atoms with Crippen LogP contribution in [0, 0.1) is 12.3 Å². The topological polar surface area (TPSA) is 67.4 Å². The van der Waals surface area contributed by atoms with E-state index in [1.807, 2.05) is 37.5 Å². The van der Waals surface area contributed by atoms with Gasteiger partial charge in [0.25, 0.3) is 5.91 Å². The van der Waals surface area contributed by atoms with Crippen LogP contribution in [-0.4, -0.2) is 47.0 Å². The van der Waals surface area contributed by atoms with Gasteiger partial charge in [0.1, 0.15) is 11.6 Å². The van der Waals surface area contributed by atoms with Crippen molar-refractivity contribution in [3.63, 3.8) is 0 Å². The van der Waals surface area contributed by atoms with E-state index in [0.29, 0.717) is 6.54 Å². The Morgan fingerprint density at radius 1 is 1.20 bits per heavy atom. The number of nitrogens with zero attached hydrogens (tertiary/aromatic N) is 3. The van der Waals surface area contributed by atoms with E-state index >= 15 is 0 Å². The number of aryl methyl sites for hydroxylation is 1. The first-order valence-electron chi connectivity index (χ1n) is 10.7. The number of carbonyl (C=O) groups excluding carboxylic acids is 1. The number of aromatic nitrogens is 2. The Hall–Kier alpha value is -2.73. The number of amides is 1. The van der Waals surface area contributed by atoms with Crippen LogP contribution in [0.15, 0.2) is 48.8 Å². The number of piperidine rings is 1. The molecule has 1 N–H and O–H groups in total. The van der Waals surface area contributed by atoms with E-state index in [-0.39, 0.29) is 17.9 Å². The standard InChI is InChI=1S/C24H30N4O2/c1-19-25-13-20(14-26-19)15-28-12-6-11-24(18-28)10-5-4-8-21-7-2-3-9-22(21)30-16-23(29)27-17-24/h2-5,7,9,13-14H,6,8,10-12,15-18H2,1H3,(H,27,29)/b5-4+. The molecule has 0 aliphatic carbocycles. The summed E-state index contributed by atoms with van der Waals surface area (Å²) in [5.41, 5.74) is 2.28. The molecule has 2 aliphatic rings. The predicted molar refractivity (Wildman–Crippen MR) is 116 cm³/mol. The molecule has 1 unspecified atom stereocenters. The highest BCUT2D eigenvalue weighted by atomic mass is 16.5. The first-order chi connectivity index (χ1) is 14.6. The summed E-state index contributed by atoms with van der Waals surface area (Å²) in [6.45, 7) is 5.48. The molecular formula is C24H30N4O2. The third kappa shape index (κ3) is 5.25. The first-order valence-corrected chi connectivity index (χ1v) is 10.7. The average molecular weight is 407 g/mol. The predicted octanol–water partition coefficient (Wildman–Crippen LogP) is 3.06. The number of nitrogens with one attached hydrogen (secondary N) is 1. The van der Waals surface area contributed by atoms with Crippen LogP contribution in [0.5, 0.6) is 5.75 Å². The summed E-state index contributed by atoms with van der Waals surface area (Å²) >= 11 is 0. The van der Waals surface area contributed by atoms with Crippen LogP contribution in [0.2, 0.25) is 0 Å². The minimum absolute atomic E-state index is 0.0364. The molecule has 1 spiro atoms. The summed E-state index contributed by atoms with van der Waals surface area (Å²) in [5.74, 6) is 1.53. The Morgan fingerprint density at radius 2 is 2.03 bits per heavy atom. The van der Waals surface area contributed by atoms with Gasteiger partial charge in [-0.3, -0.25) is 9.69 Å². The molecule has 1 atom stereocenters. The number of hydrogen-bond donors (Lipinski definition) is 1. The normalized spacial score (nSPS) is 24.1. The lowest BCUT2D eigenvalue weighted by atomic mass is 9.76. The minimum atomic E-state index is -0.0576. The Morgan fingerprint density at radius 3 is 2.90 bits per heavy atom. The van der Waals surface area contributed by atoms with Crippen molar-refractivity contribution in [2.45, 2.75) is 39.2 Å². The number of rotatable bonds is 2. The molecule has 1 amide bonds. The molecule has 3 heterocycles. The lowest BCUT2D eigenvalue weighted by Gasteiger charge is -2.43. The number of allylic oxidation sites excluding steroid dienone is 2. The molecule has 30 heavy (non-hydrogen) atoms. The zero-order valence-corrected chi connectivity index (χ0v) is 17.6. The Bertz CT molecular complexity index is 896. The first kappa shape index (κ1) is 20.5. The fourth-order valence-corrected chi connectivity index (χ4v) is 4.42. The molecule has 6 heteroatoms. The van der Waals surface area contributed by atoms with Crippen molar-refractivity contribution in [2.24, 2.45) is 5.41 Å². The minimum Gasteiger partial charge on any atom is -0.483 e. The van der Waals surface area contributed by atoms with Gasteiger partial charge in [-0.25, -0.2) is 9.97 Å². The number of fused-ring (bicyclic) bond motifs is 1. The van der Waals surface area contributed by atoms with Gasteiger partial charge in [-0.2, -0.15) is 0 Å². The van der Waals surface area contributed by atoms with Crippen LogP contribution in [-0.2, 0) is 17.8 Å². The van der Waals surface area contributed by atoms with Crippen LogP contribution in [0.25, 0.3) is 0 Å². The molecule has 0 saturated carbocycles. The van der Waals surface area contributed by atoms with Crippen molar-refractivity contribution in [1.29, 1.82) is 0 Å². The zero-order chi connectivity index (χ0) is 20.8.